The lowest BCUT2D eigenvalue weighted by Gasteiger charge is -2.33. The van der Waals surface area contributed by atoms with Gasteiger partial charge in [0.25, 0.3) is 0 Å². The molecule has 178 valence electrons. The molecule has 2 N–H and O–H groups in total. The maximum atomic E-state index is 13.1. The minimum Gasteiger partial charge on any atom is -0.341 e. The van der Waals surface area contributed by atoms with Crippen molar-refractivity contribution in [3.05, 3.63) is 58.4 Å². The van der Waals surface area contributed by atoms with Gasteiger partial charge in [-0.25, -0.2) is 4.98 Å². The zero-order valence-electron chi connectivity index (χ0n) is 18.8. The maximum absolute atomic E-state index is 13.1. The monoisotopic (exact) mass is 468 g/mol. The molecule has 34 heavy (non-hydrogen) atoms. The van der Waals surface area contributed by atoms with E-state index in [0.29, 0.717) is 25.0 Å². The van der Waals surface area contributed by atoms with E-state index >= 15 is 0 Å². The first-order valence-corrected chi connectivity index (χ1v) is 12.1. The first-order valence-electron chi connectivity index (χ1n) is 12.1. The van der Waals surface area contributed by atoms with Gasteiger partial charge in [-0.3, -0.25) is 5.10 Å². The molecule has 0 unspecified atom stereocenters. The molecule has 1 aromatic carbocycles. The van der Waals surface area contributed by atoms with Crippen LogP contribution in [-0.2, 0) is 19.0 Å². The summed E-state index contributed by atoms with van der Waals surface area (Å²) in [6.07, 6.45) is 2.61. The first kappa shape index (κ1) is 21.4. The summed E-state index contributed by atoms with van der Waals surface area (Å²) >= 11 is 0. The van der Waals surface area contributed by atoms with Gasteiger partial charge in [0, 0.05) is 36.3 Å². The van der Waals surface area contributed by atoms with Gasteiger partial charge < -0.3 is 10.2 Å². The number of aryl methyl sites for hydroxylation is 1. The number of anilines is 3. The molecule has 3 aromatic rings. The number of nitrogens with zero attached hydrogens (tertiary/aromatic N) is 4. The molecule has 0 amide bonds. The Morgan fingerprint density at radius 3 is 2.56 bits per heavy atom. The van der Waals surface area contributed by atoms with Crippen LogP contribution >= 0.6 is 0 Å². The third-order valence-corrected chi connectivity index (χ3v) is 7.25. The van der Waals surface area contributed by atoms with E-state index in [0.717, 1.165) is 61.1 Å². The number of rotatable bonds is 5. The van der Waals surface area contributed by atoms with Gasteiger partial charge in [-0.05, 0) is 62.5 Å². The molecule has 2 aromatic heterocycles. The number of aromatic amines is 1. The first-order chi connectivity index (χ1) is 16.4. The van der Waals surface area contributed by atoms with Crippen LogP contribution in [0, 0.1) is 0 Å². The Balaban J connectivity index is 1.19. The predicted molar refractivity (Wildman–Crippen MR) is 124 cm³/mol. The SMILES string of the molecule is FC(F)(F)c1cccc(C2CCN(c3nc4c(c(Nc5cc(C6CC6)[nH]n5)n3)CCC4)CC2)c1. The second-order valence-electron chi connectivity index (χ2n) is 9.64. The van der Waals surface area contributed by atoms with Crippen LogP contribution in [0.5, 0.6) is 0 Å². The van der Waals surface area contributed by atoms with Crippen molar-refractivity contribution in [3.8, 4) is 0 Å². The fraction of sp³-hybridized carbons (Fsp3) is 0.480. The molecule has 2 fully saturated rings. The molecule has 1 saturated carbocycles. The van der Waals surface area contributed by atoms with Gasteiger partial charge in [0.2, 0.25) is 5.95 Å². The number of nitrogens with one attached hydrogen (secondary N) is 2. The molecule has 2 aliphatic carbocycles. The zero-order valence-corrected chi connectivity index (χ0v) is 18.8. The van der Waals surface area contributed by atoms with Gasteiger partial charge in [-0.15, -0.1) is 0 Å². The Morgan fingerprint density at radius 2 is 1.79 bits per heavy atom. The normalized spacial score (nSPS) is 18.9. The summed E-state index contributed by atoms with van der Waals surface area (Å²) in [5.74, 6) is 3.02. The van der Waals surface area contributed by atoms with Crippen LogP contribution in [0.1, 0.15) is 72.0 Å². The Morgan fingerprint density at radius 1 is 0.971 bits per heavy atom. The number of benzene rings is 1. The lowest BCUT2D eigenvalue weighted by molar-refractivity contribution is -0.137. The maximum Gasteiger partial charge on any atom is 0.416 e. The highest BCUT2D eigenvalue weighted by Crippen LogP contribution is 2.40. The zero-order chi connectivity index (χ0) is 23.3. The van der Waals surface area contributed by atoms with Gasteiger partial charge >= 0.3 is 6.18 Å². The van der Waals surface area contributed by atoms with E-state index in [4.69, 9.17) is 9.97 Å². The number of H-pyrrole nitrogens is 1. The second-order valence-corrected chi connectivity index (χ2v) is 9.64. The molecule has 1 saturated heterocycles. The largest absolute Gasteiger partial charge is 0.416 e. The summed E-state index contributed by atoms with van der Waals surface area (Å²) in [6, 6.07) is 7.83. The molecule has 0 spiro atoms. The van der Waals surface area contributed by atoms with Gasteiger partial charge in [0.1, 0.15) is 5.82 Å². The van der Waals surface area contributed by atoms with E-state index in [9.17, 15) is 13.2 Å². The van der Waals surface area contributed by atoms with Crippen molar-refractivity contribution in [2.45, 2.75) is 63.0 Å². The summed E-state index contributed by atoms with van der Waals surface area (Å²) in [7, 11) is 0. The molecule has 3 aliphatic rings. The van der Waals surface area contributed by atoms with Crippen molar-refractivity contribution >= 4 is 17.6 Å². The van der Waals surface area contributed by atoms with Gasteiger partial charge in [0.15, 0.2) is 5.82 Å². The highest BCUT2D eigenvalue weighted by Gasteiger charge is 2.32. The van der Waals surface area contributed by atoms with E-state index in [1.54, 1.807) is 0 Å². The number of hydrogen-bond donors (Lipinski definition) is 2. The van der Waals surface area contributed by atoms with Crippen molar-refractivity contribution < 1.29 is 13.2 Å². The fourth-order valence-corrected chi connectivity index (χ4v) is 5.17. The van der Waals surface area contributed by atoms with Crippen molar-refractivity contribution in [3.63, 3.8) is 0 Å². The van der Waals surface area contributed by atoms with Crippen molar-refractivity contribution in [1.82, 2.24) is 20.2 Å². The summed E-state index contributed by atoms with van der Waals surface area (Å²) in [6.45, 7) is 1.43. The van der Waals surface area contributed by atoms with Gasteiger partial charge in [-0.1, -0.05) is 18.2 Å². The minimum atomic E-state index is -4.31. The Kier molecular flexibility index (Phi) is 5.22. The lowest BCUT2D eigenvalue weighted by Crippen LogP contribution is -2.34. The van der Waals surface area contributed by atoms with Crippen LogP contribution in [0.3, 0.4) is 0 Å². The van der Waals surface area contributed by atoms with Crippen LogP contribution in [0.2, 0.25) is 0 Å². The fourth-order valence-electron chi connectivity index (χ4n) is 5.17. The van der Waals surface area contributed by atoms with Crippen molar-refractivity contribution in [2.75, 3.05) is 23.3 Å². The van der Waals surface area contributed by atoms with E-state index in [2.05, 4.69) is 26.5 Å². The molecule has 6 nitrogen and oxygen atoms in total. The van der Waals surface area contributed by atoms with Crippen LogP contribution in [0.25, 0.3) is 0 Å². The molecule has 0 bridgehead atoms. The van der Waals surface area contributed by atoms with Crippen LogP contribution in [0.15, 0.2) is 30.3 Å². The van der Waals surface area contributed by atoms with Crippen LogP contribution < -0.4 is 10.2 Å². The number of aromatic nitrogens is 4. The topological polar surface area (TPSA) is 69.7 Å². The quantitative estimate of drug-likeness (QED) is 0.502. The molecule has 6 rings (SSSR count). The highest BCUT2D eigenvalue weighted by molar-refractivity contribution is 5.61. The van der Waals surface area contributed by atoms with E-state index in [-0.39, 0.29) is 5.92 Å². The van der Waals surface area contributed by atoms with Gasteiger partial charge in [0.05, 0.1) is 11.3 Å². The Labute approximate surface area is 196 Å². The minimum absolute atomic E-state index is 0.107. The number of halogens is 3. The molecule has 3 heterocycles. The smallest absolute Gasteiger partial charge is 0.341 e. The van der Waals surface area contributed by atoms with Crippen molar-refractivity contribution in [2.24, 2.45) is 0 Å². The summed E-state index contributed by atoms with van der Waals surface area (Å²) in [4.78, 5) is 11.9. The Hall–Kier alpha value is -3.10. The molecule has 0 radical (unpaired) electrons. The number of piperidine rings is 1. The molecular formula is C25H27F3N6. The highest BCUT2D eigenvalue weighted by atomic mass is 19.4. The van der Waals surface area contributed by atoms with E-state index in [1.807, 2.05) is 6.07 Å². The predicted octanol–water partition coefficient (Wildman–Crippen LogP) is 5.71. The standard InChI is InChI=1S/C25H27F3N6/c26-25(27,28)18-4-1-3-17(13-18)15-9-11-34(12-10-15)24-29-20-6-2-5-19(20)23(31-24)30-22-14-21(32-33-22)16-7-8-16/h1,3-4,13-16H,2,5-12H2,(H2,29,30,31,32,33). The van der Waals surface area contributed by atoms with Crippen LogP contribution in [-0.4, -0.2) is 33.3 Å². The average Bonchev–Trinajstić information content (AvgIpc) is 3.39. The lowest BCUT2D eigenvalue weighted by atomic mass is 9.88. The Bertz CT molecular complexity index is 1190. The molecule has 0 atom stereocenters. The third kappa shape index (κ3) is 4.23. The molecular weight excluding hydrogens is 441 g/mol. The third-order valence-electron chi connectivity index (χ3n) is 7.25. The van der Waals surface area contributed by atoms with E-state index < -0.39 is 11.7 Å². The number of hydrogen-bond acceptors (Lipinski definition) is 5. The van der Waals surface area contributed by atoms with Gasteiger partial charge in [-0.2, -0.15) is 23.3 Å². The van der Waals surface area contributed by atoms with E-state index in [1.165, 1.54) is 36.2 Å². The molecule has 1 aliphatic heterocycles. The van der Waals surface area contributed by atoms with Crippen LogP contribution in [0.4, 0.5) is 30.8 Å². The second kappa shape index (κ2) is 8.29. The molecule has 9 heteroatoms. The average molecular weight is 469 g/mol. The number of fused-ring (bicyclic) bond motifs is 1. The van der Waals surface area contributed by atoms with Crippen molar-refractivity contribution in [1.29, 1.82) is 0 Å². The number of alkyl halides is 3. The summed E-state index contributed by atoms with van der Waals surface area (Å²) in [5.41, 5.74) is 3.61. The summed E-state index contributed by atoms with van der Waals surface area (Å²) < 4.78 is 39.4. The summed E-state index contributed by atoms with van der Waals surface area (Å²) in [5, 5.41) is 11.0.